The van der Waals surface area contributed by atoms with E-state index in [0.717, 1.165) is 37.2 Å². The molecule has 7 heteroatoms. The van der Waals surface area contributed by atoms with Gasteiger partial charge in [0.25, 0.3) is 0 Å². The van der Waals surface area contributed by atoms with Crippen molar-refractivity contribution in [3.63, 3.8) is 0 Å². The first kappa shape index (κ1) is 18.7. The van der Waals surface area contributed by atoms with Gasteiger partial charge in [-0.15, -0.1) is 0 Å². The average Bonchev–Trinajstić information content (AvgIpc) is 2.64. The number of hydrogen-bond donors (Lipinski definition) is 1. The molecule has 1 atom stereocenters. The van der Waals surface area contributed by atoms with Crippen molar-refractivity contribution in [3.8, 4) is 5.75 Å². The van der Waals surface area contributed by atoms with Crippen LogP contribution in [0.3, 0.4) is 0 Å². The SMILES string of the molecule is CN1CCC2(CC1)C[C@H](NS(=O)(=O)c1cccc(Cl)c1)c1ccccc1O2. The Hall–Kier alpha value is -1.60. The van der Waals surface area contributed by atoms with Gasteiger partial charge in [0.1, 0.15) is 11.4 Å². The molecule has 4 rings (SSSR count). The van der Waals surface area contributed by atoms with Gasteiger partial charge in [0.2, 0.25) is 10.0 Å². The minimum Gasteiger partial charge on any atom is -0.487 e. The van der Waals surface area contributed by atoms with E-state index in [4.69, 9.17) is 16.3 Å². The van der Waals surface area contributed by atoms with E-state index in [2.05, 4.69) is 16.7 Å². The van der Waals surface area contributed by atoms with Crippen LogP contribution in [-0.4, -0.2) is 39.1 Å². The number of rotatable bonds is 3. The summed E-state index contributed by atoms with van der Waals surface area (Å²) in [5.74, 6) is 0.770. The molecule has 0 saturated carbocycles. The smallest absolute Gasteiger partial charge is 0.241 e. The molecule has 0 amide bonds. The lowest BCUT2D eigenvalue weighted by molar-refractivity contribution is -0.0179. The van der Waals surface area contributed by atoms with Crippen LogP contribution in [-0.2, 0) is 10.0 Å². The van der Waals surface area contributed by atoms with E-state index in [1.807, 2.05) is 24.3 Å². The lowest BCUT2D eigenvalue weighted by atomic mass is 9.81. The first-order valence-corrected chi connectivity index (χ1v) is 11.0. The molecule has 1 spiro atoms. The van der Waals surface area contributed by atoms with E-state index in [1.54, 1.807) is 18.2 Å². The van der Waals surface area contributed by atoms with Gasteiger partial charge in [-0.25, -0.2) is 13.1 Å². The van der Waals surface area contributed by atoms with Gasteiger partial charge in [0.05, 0.1) is 10.9 Å². The number of hydrogen-bond acceptors (Lipinski definition) is 4. The Morgan fingerprint density at radius 3 is 2.63 bits per heavy atom. The molecule has 0 aromatic heterocycles. The maximum absolute atomic E-state index is 13.0. The average molecular weight is 407 g/mol. The number of nitrogens with zero attached hydrogens (tertiary/aromatic N) is 1. The molecular weight excluding hydrogens is 384 g/mol. The van der Waals surface area contributed by atoms with Gasteiger partial charge in [-0.1, -0.05) is 35.9 Å². The zero-order chi connectivity index (χ0) is 19.1. The summed E-state index contributed by atoms with van der Waals surface area (Å²) < 4.78 is 35.2. The number of piperidine rings is 1. The molecule has 2 aliphatic heterocycles. The molecule has 2 heterocycles. The molecule has 5 nitrogen and oxygen atoms in total. The van der Waals surface area contributed by atoms with Crippen LogP contribution in [0.2, 0.25) is 5.02 Å². The molecule has 0 bridgehead atoms. The van der Waals surface area contributed by atoms with Crippen molar-refractivity contribution in [1.82, 2.24) is 9.62 Å². The summed E-state index contributed by atoms with van der Waals surface area (Å²) in [4.78, 5) is 2.46. The van der Waals surface area contributed by atoms with E-state index >= 15 is 0 Å². The lowest BCUT2D eigenvalue weighted by Crippen LogP contribution is -2.51. The van der Waals surface area contributed by atoms with Crippen molar-refractivity contribution in [3.05, 3.63) is 59.1 Å². The molecule has 2 aromatic carbocycles. The van der Waals surface area contributed by atoms with Crippen molar-refractivity contribution >= 4 is 21.6 Å². The van der Waals surface area contributed by atoms with Crippen LogP contribution in [0.4, 0.5) is 0 Å². The highest BCUT2D eigenvalue weighted by atomic mass is 35.5. The maximum atomic E-state index is 13.0. The second kappa shape index (κ2) is 7.09. The molecule has 2 aromatic rings. The Kier molecular flexibility index (Phi) is 4.93. The maximum Gasteiger partial charge on any atom is 0.241 e. The number of ether oxygens (including phenoxy) is 1. The molecule has 27 heavy (non-hydrogen) atoms. The summed E-state index contributed by atoms with van der Waals surface area (Å²) in [6, 6.07) is 13.7. The second-order valence-electron chi connectivity index (χ2n) is 7.46. The van der Waals surface area contributed by atoms with E-state index in [0.29, 0.717) is 11.4 Å². The summed E-state index contributed by atoms with van der Waals surface area (Å²) in [7, 11) is -1.59. The van der Waals surface area contributed by atoms with E-state index in [9.17, 15) is 8.42 Å². The molecule has 144 valence electrons. The van der Waals surface area contributed by atoms with E-state index in [-0.39, 0.29) is 16.5 Å². The Labute approximate surface area is 165 Å². The minimum atomic E-state index is -3.69. The normalized spacial score (nSPS) is 22.2. The highest BCUT2D eigenvalue weighted by Crippen LogP contribution is 2.44. The molecule has 0 unspecified atom stereocenters. The standard InChI is InChI=1S/C20H23ClN2O3S/c1-23-11-9-20(10-12-23)14-18(17-7-2-3-8-19(17)26-20)22-27(24,25)16-6-4-5-15(21)13-16/h2-8,13,18,22H,9-12,14H2,1H3/t18-/m0/s1. The number of para-hydroxylation sites is 1. The van der Waals surface area contributed by atoms with Gasteiger partial charge in [-0.2, -0.15) is 0 Å². The third kappa shape index (κ3) is 3.85. The zero-order valence-electron chi connectivity index (χ0n) is 15.2. The van der Waals surface area contributed by atoms with Gasteiger partial charge in [0.15, 0.2) is 0 Å². The topological polar surface area (TPSA) is 58.6 Å². The second-order valence-corrected chi connectivity index (χ2v) is 9.61. The van der Waals surface area contributed by atoms with E-state index < -0.39 is 10.0 Å². The molecule has 2 aliphatic rings. The van der Waals surface area contributed by atoms with Crippen LogP contribution >= 0.6 is 11.6 Å². The third-order valence-electron chi connectivity index (χ3n) is 5.50. The van der Waals surface area contributed by atoms with E-state index in [1.165, 1.54) is 6.07 Å². The molecule has 1 fully saturated rings. The first-order valence-electron chi connectivity index (χ1n) is 9.11. The number of halogens is 1. The number of fused-ring (bicyclic) bond motifs is 1. The fourth-order valence-corrected chi connectivity index (χ4v) is 5.46. The molecule has 1 saturated heterocycles. The first-order chi connectivity index (χ1) is 12.9. The van der Waals surface area contributed by atoms with Gasteiger partial charge in [-0.05, 0) is 44.2 Å². The van der Waals surface area contributed by atoms with Crippen LogP contribution in [0.25, 0.3) is 0 Å². The van der Waals surface area contributed by atoms with Gasteiger partial charge < -0.3 is 9.64 Å². The van der Waals surface area contributed by atoms with Crippen molar-refractivity contribution in [1.29, 1.82) is 0 Å². The van der Waals surface area contributed by atoms with Crippen molar-refractivity contribution in [2.75, 3.05) is 20.1 Å². The molecule has 0 radical (unpaired) electrons. The predicted octanol–water partition coefficient (Wildman–Crippen LogP) is 3.61. The largest absolute Gasteiger partial charge is 0.487 e. The van der Waals surface area contributed by atoms with Crippen molar-refractivity contribution in [2.24, 2.45) is 0 Å². The summed E-state index contributed by atoms with van der Waals surface area (Å²) >= 11 is 5.99. The Balaban J connectivity index is 1.66. The summed E-state index contributed by atoms with van der Waals surface area (Å²) in [5, 5.41) is 0.400. The Bertz CT molecular complexity index is 940. The Morgan fingerprint density at radius 2 is 1.89 bits per heavy atom. The number of benzene rings is 2. The molecule has 1 N–H and O–H groups in total. The summed E-state index contributed by atoms with van der Waals surface area (Å²) in [6.07, 6.45) is 2.39. The monoisotopic (exact) mass is 406 g/mol. The molecule has 0 aliphatic carbocycles. The predicted molar refractivity (Wildman–Crippen MR) is 106 cm³/mol. The third-order valence-corrected chi connectivity index (χ3v) is 7.20. The lowest BCUT2D eigenvalue weighted by Gasteiger charge is -2.46. The van der Waals surface area contributed by atoms with Crippen LogP contribution in [0.15, 0.2) is 53.4 Å². The Morgan fingerprint density at radius 1 is 1.15 bits per heavy atom. The van der Waals surface area contributed by atoms with Gasteiger partial charge in [-0.3, -0.25) is 0 Å². The number of likely N-dealkylation sites (tertiary alicyclic amines) is 1. The number of nitrogens with one attached hydrogen (secondary N) is 1. The fraction of sp³-hybridized carbons (Fsp3) is 0.400. The highest BCUT2D eigenvalue weighted by Gasteiger charge is 2.43. The fourth-order valence-electron chi connectivity index (χ4n) is 3.95. The quantitative estimate of drug-likeness (QED) is 0.845. The zero-order valence-corrected chi connectivity index (χ0v) is 16.8. The summed E-state index contributed by atoms with van der Waals surface area (Å²) in [5.41, 5.74) is 0.551. The van der Waals surface area contributed by atoms with Crippen LogP contribution < -0.4 is 9.46 Å². The van der Waals surface area contributed by atoms with Crippen LogP contribution in [0.1, 0.15) is 30.9 Å². The highest BCUT2D eigenvalue weighted by molar-refractivity contribution is 7.89. The van der Waals surface area contributed by atoms with Gasteiger partial charge >= 0.3 is 0 Å². The van der Waals surface area contributed by atoms with Crippen LogP contribution in [0.5, 0.6) is 5.75 Å². The number of sulfonamides is 1. The van der Waals surface area contributed by atoms with Crippen molar-refractivity contribution in [2.45, 2.75) is 35.8 Å². The summed E-state index contributed by atoms with van der Waals surface area (Å²) in [6.45, 7) is 1.88. The van der Waals surface area contributed by atoms with Crippen molar-refractivity contribution < 1.29 is 13.2 Å². The van der Waals surface area contributed by atoms with Gasteiger partial charge in [0, 0.05) is 30.1 Å². The molecular formula is C20H23ClN2O3S. The minimum absolute atomic E-state index is 0.177. The van der Waals surface area contributed by atoms with Crippen LogP contribution in [0, 0.1) is 0 Å².